The molecule has 0 N–H and O–H groups in total. The SMILES string of the molecule is CC(=O)OCC(C)Oc1ccc(Oc2ccc(Cl)cn2)cc1. The van der Waals surface area contributed by atoms with Gasteiger partial charge in [0.15, 0.2) is 0 Å². The summed E-state index contributed by atoms with van der Waals surface area (Å²) in [7, 11) is 0. The minimum Gasteiger partial charge on any atom is -0.487 e. The zero-order chi connectivity index (χ0) is 15.9. The summed E-state index contributed by atoms with van der Waals surface area (Å²) in [5.74, 6) is 1.43. The zero-order valence-corrected chi connectivity index (χ0v) is 13.0. The lowest BCUT2D eigenvalue weighted by molar-refractivity contribution is -0.143. The van der Waals surface area contributed by atoms with Crippen molar-refractivity contribution in [2.75, 3.05) is 6.61 Å². The third-order valence-corrected chi connectivity index (χ3v) is 2.83. The van der Waals surface area contributed by atoms with Gasteiger partial charge < -0.3 is 14.2 Å². The third-order valence-electron chi connectivity index (χ3n) is 2.60. The molecule has 0 fully saturated rings. The van der Waals surface area contributed by atoms with Gasteiger partial charge in [-0.1, -0.05) is 11.6 Å². The fraction of sp³-hybridized carbons (Fsp3) is 0.250. The van der Waals surface area contributed by atoms with Crippen LogP contribution >= 0.6 is 11.6 Å². The Morgan fingerprint density at radius 1 is 1.18 bits per heavy atom. The lowest BCUT2D eigenvalue weighted by Gasteiger charge is -2.14. The second-order valence-corrected chi connectivity index (χ2v) is 5.06. The number of halogens is 1. The molecule has 0 aliphatic rings. The second kappa shape index (κ2) is 7.66. The van der Waals surface area contributed by atoms with Crippen LogP contribution in [0.5, 0.6) is 17.4 Å². The van der Waals surface area contributed by atoms with Crippen LogP contribution in [0.15, 0.2) is 42.6 Å². The quantitative estimate of drug-likeness (QED) is 0.756. The highest BCUT2D eigenvalue weighted by molar-refractivity contribution is 6.30. The molecule has 116 valence electrons. The summed E-state index contributed by atoms with van der Waals surface area (Å²) in [6.45, 7) is 3.40. The van der Waals surface area contributed by atoms with Gasteiger partial charge in [-0.3, -0.25) is 4.79 Å². The molecule has 5 nitrogen and oxygen atoms in total. The van der Waals surface area contributed by atoms with Crippen molar-refractivity contribution in [3.63, 3.8) is 0 Å². The van der Waals surface area contributed by atoms with E-state index >= 15 is 0 Å². The summed E-state index contributed by atoms with van der Waals surface area (Å²) in [4.78, 5) is 14.8. The first kappa shape index (κ1) is 16.1. The van der Waals surface area contributed by atoms with Crippen molar-refractivity contribution in [1.29, 1.82) is 0 Å². The third kappa shape index (κ3) is 5.26. The number of hydrogen-bond acceptors (Lipinski definition) is 5. The molecule has 6 heteroatoms. The molecule has 1 heterocycles. The number of esters is 1. The summed E-state index contributed by atoms with van der Waals surface area (Å²) in [6, 6.07) is 10.5. The lowest BCUT2D eigenvalue weighted by Crippen LogP contribution is -2.20. The van der Waals surface area contributed by atoms with E-state index in [1.54, 1.807) is 36.4 Å². The monoisotopic (exact) mass is 321 g/mol. The molecule has 1 aromatic carbocycles. The summed E-state index contributed by atoms with van der Waals surface area (Å²) in [5, 5.41) is 0.554. The lowest BCUT2D eigenvalue weighted by atomic mass is 10.3. The van der Waals surface area contributed by atoms with Gasteiger partial charge in [-0.2, -0.15) is 0 Å². The average molecular weight is 322 g/mol. The smallest absolute Gasteiger partial charge is 0.302 e. The zero-order valence-electron chi connectivity index (χ0n) is 12.3. The highest BCUT2D eigenvalue weighted by atomic mass is 35.5. The predicted molar refractivity (Wildman–Crippen MR) is 82.5 cm³/mol. The maximum Gasteiger partial charge on any atom is 0.302 e. The number of benzene rings is 1. The first-order valence-electron chi connectivity index (χ1n) is 6.72. The molecule has 0 radical (unpaired) electrons. The van der Waals surface area contributed by atoms with Crippen molar-refractivity contribution < 1.29 is 19.0 Å². The number of hydrogen-bond donors (Lipinski definition) is 0. The summed E-state index contributed by atoms with van der Waals surface area (Å²) in [6.07, 6.45) is 1.29. The molecule has 0 aliphatic heterocycles. The summed E-state index contributed by atoms with van der Waals surface area (Å²) < 4.78 is 16.1. The van der Waals surface area contributed by atoms with Crippen LogP contribution in [0.1, 0.15) is 13.8 Å². The van der Waals surface area contributed by atoms with Crippen molar-refractivity contribution in [3.05, 3.63) is 47.6 Å². The Morgan fingerprint density at radius 2 is 1.86 bits per heavy atom. The maximum absolute atomic E-state index is 10.7. The molecule has 0 aliphatic carbocycles. The van der Waals surface area contributed by atoms with Gasteiger partial charge >= 0.3 is 5.97 Å². The van der Waals surface area contributed by atoms with E-state index in [0.29, 0.717) is 22.4 Å². The minimum atomic E-state index is -0.324. The highest BCUT2D eigenvalue weighted by Crippen LogP contribution is 2.23. The molecular weight excluding hydrogens is 306 g/mol. The number of carbonyl (C=O) groups excluding carboxylic acids is 1. The molecule has 1 aromatic heterocycles. The van der Waals surface area contributed by atoms with Crippen LogP contribution in [-0.2, 0) is 9.53 Å². The van der Waals surface area contributed by atoms with Crippen LogP contribution in [0.4, 0.5) is 0 Å². The molecule has 0 bridgehead atoms. The maximum atomic E-state index is 10.7. The number of aromatic nitrogens is 1. The first-order chi connectivity index (χ1) is 10.5. The molecule has 1 unspecified atom stereocenters. The van der Waals surface area contributed by atoms with E-state index in [9.17, 15) is 4.79 Å². The Hall–Kier alpha value is -2.27. The number of rotatable bonds is 6. The Bertz CT molecular complexity index is 613. The van der Waals surface area contributed by atoms with Crippen LogP contribution in [0.2, 0.25) is 5.02 Å². The molecule has 22 heavy (non-hydrogen) atoms. The van der Waals surface area contributed by atoms with Crippen LogP contribution < -0.4 is 9.47 Å². The molecule has 0 spiro atoms. The Labute approximate surface area is 133 Å². The van der Waals surface area contributed by atoms with E-state index in [2.05, 4.69) is 4.98 Å². The molecule has 0 amide bonds. The number of carbonyl (C=O) groups is 1. The van der Waals surface area contributed by atoms with Crippen LogP contribution in [-0.4, -0.2) is 23.7 Å². The van der Waals surface area contributed by atoms with Crippen LogP contribution in [0.3, 0.4) is 0 Å². The molecule has 0 saturated heterocycles. The fourth-order valence-electron chi connectivity index (χ4n) is 1.63. The van der Waals surface area contributed by atoms with E-state index < -0.39 is 0 Å². The molecular formula is C16H16ClNO4. The number of nitrogens with zero attached hydrogens (tertiary/aromatic N) is 1. The van der Waals surface area contributed by atoms with Gasteiger partial charge in [-0.15, -0.1) is 0 Å². The van der Waals surface area contributed by atoms with Crippen molar-refractivity contribution in [2.24, 2.45) is 0 Å². The largest absolute Gasteiger partial charge is 0.487 e. The van der Waals surface area contributed by atoms with Crippen molar-refractivity contribution in [3.8, 4) is 17.4 Å². The van der Waals surface area contributed by atoms with E-state index in [1.807, 2.05) is 6.92 Å². The molecule has 1 atom stereocenters. The summed E-state index contributed by atoms with van der Waals surface area (Å²) in [5.41, 5.74) is 0. The van der Waals surface area contributed by atoms with Gasteiger partial charge in [-0.05, 0) is 37.3 Å². The van der Waals surface area contributed by atoms with Crippen LogP contribution in [0.25, 0.3) is 0 Å². The molecule has 2 aromatic rings. The second-order valence-electron chi connectivity index (χ2n) is 4.62. The fourth-order valence-corrected chi connectivity index (χ4v) is 1.74. The van der Waals surface area contributed by atoms with Crippen molar-refractivity contribution >= 4 is 17.6 Å². The normalized spacial score (nSPS) is 11.6. The van der Waals surface area contributed by atoms with Crippen molar-refractivity contribution in [1.82, 2.24) is 4.98 Å². The summed E-state index contributed by atoms with van der Waals surface area (Å²) >= 11 is 5.76. The van der Waals surface area contributed by atoms with Gasteiger partial charge in [-0.25, -0.2) is 4.98 Å². The topological polar surface area (TPSA) is 57.7 Å². The molecule has 0 saturated carbocycles. The van der Waals surface area contributed by atoms with Crippen molar-refractivity contribution in [2.45, 2.75) is 20.0 Å². The molecule has 2 rings (SSSR count). The van der Waals surface area contributed by atoms with E-state index in [4.69, 9.17) is 25.8 Å². The number of ether oxygens (including phenoxy) is 3. The first-order valence-corrected chi connectivity index (χ1v) is 7.10. The number of pyridine rings is 1. The van der Waals surface area contributed by atoms with Gasteiger partial charge in [0, 0.05) is 19.2 Å². The Balaban J connectivity index is 1.89. The van der Waals surface area contributed by atoms with Gasteiger partial charge in [0.25, 0.3) is 0 Å². The minimum absolute atomic E-state index is 0.211. The van der Waals surface area contributed by atoms with Gasteiger partial charge in [0.1, 0.15) is 24.2 Å². The van der Waals surface area contributed by atoms with E-state index in [1.165, 1.54) is 13.1 Å². The van der Waals surface area contributed by atoms with E-state index in [0.717, 1.165) is 0 Å². The Morgan fingerprint density at radius 3 is 2.45 bits per heavy atom. The standard InChI is InChI=1S/C16H16ClNO4/c1-11(10-20-12(2)19)21-14-4-6-15(7-5-14)22-16-8-3-13(17)9-18-16/h3-9,11H,10H2,1-2H3. The highest BCUT2D eigenvalue weighted by Gasteiger charge is 2.06. The predicted octanol–water partition coefficient (Wildman–Crippen LogP) is 3.86. The van der Waals surface area contributed by atoms with Gasteiger partial charge in [0.05, 0.1) is 5.02 Å². The van der Waals surface area contributed by atoms with Gasteiger partial charge in [0.2, 0.25) is 5.88 Å². The Kier molecular flexibility index (Phi) is 5.61. The average Bonchev–Trinajstić information content (AvgIpc) is 2.49. The van der Waals surface area contributed by atoms with E-state index in [-0.39, 0.29) is 18.7 Å². The van der Waals surface area contributed by atoms with Crippen LogP contribution in [0, 0.1) is 0 Å².